The van der Waals surface area contributed by atoms with Gasteiger partial charge < -0.3 is 0 Å². The van der Waals surface area contributed by atoms with E-state index in [0.717, 1.165) is 48.7 Å². The van der Waals surface area contributed by atoms with Gasteiger partial charge in [0, 0.05) is 66.5 Å². The van der Waals surface area contributed by atoms with Gasteiger partial charge in [-0.3, -0.25) is 9.89 Å². The number of allylic oxidation sites excluding steroid dienone is 1. The molecule has 0 radical (unpaired) electrons. The summed E-state index contributed by atoms with van der Waals surface area (Å²) in [6, 6.07) is 14.9. The molecule has 1 atom stereocenters. The lowest BCUT2D eigenvalue weighted by atomic mass is 10.0. The monoisotopic (exact) mass is 520 g/mol. The molecule has 0 spiro atoms. The van der Waals surface area contributed by atoms with Crippen LogP contribution in [-0.2, 0) is 4.79 Å². The van der Waals surface area contributed by atoms with E-state index >= 15 is 0 Å². The summed E-state index contributed by atoms with van der Waals surface area (Å²) < 4.78 is 17.1. The minimum Gasteiger partial charge on any atom is -0.300 e. The van der Waals surface area contributed by atoms with E-state index in [4.69, 9.17) is 5.26 Å². The molecular weight excluding hydrogens is 483 g/mol. The molecule has 0 aliphatic carbocycles. The van der Waals surface area contributed by atoms with E-state index < -0.39 is 10.7 Å². The normalized spacial score (nSPS) is 14.9. The van der Waals surface area contributed by atoms with E-state index in [1.165, 1.54) is 12.5 Å². The van der Waals surface area contributed by atoms with Crippen LogP contribution in [0, 0.1) is 30.0 Å². The number of nitrogens with zero attached hydrogens (tertiary/aromatic N) is 4. The topological polar surface area (TPSA) is 59.7 Å². The molecule has 196 valence electrons. The number of terminal acetylenes is 1. The number of hydrogen-bond donors (Lipinski definition) is 0. The molecule has 1 unspecified atom stereocenters. The third-order valence-electron chi connectivity index (χ3n) is 5.40. The van der Waals surface area contributed by atoms with Gasteiger partial charge >= 0.3 is 0 Å². The van der Waals surface area contributed by atoms with Gasteiger partial charge in [-0.2, -0.15) is 5.26 Å². The van der Waals surface area contributed by atoms with E-state index in [-0.39, 0.29) is 5.82 Å². The van der Waals surface area contributed by atoms with Crippen molar-refractivity contribution in [2.45, 2.75) is 45.4 Å². The molecule has 1 saturated heterocycles. The molecule has 2 aromatic rings. The fourth-order valence-corrected chi connectivity index (χ4v) is 5.39. The highest BCUT2D eigenvalue weighted by Crippen LogP contribution is 2.39. The second-order valence-corrected chi connectivity index (χ2v) is 9.70. The average Bonchev–Trinajstić information content (AvgIpc) is 2.94. The highest BCUT2D eigenvalue weighted by molar-refractivity contribution is 8.12. The van der Waals surface area contributed by atoms with E-state index in [1.54, 1.807) is 25.3 Å². The van der Waals surface area contributed by atoms with Crippen LogP contribution in [0.5, 0.6) is 0 Å². The summed E-state index contributed by atoms with van der Waals surface area (Å²) in [7, 11) is -0.861. The quantitative estimate of drug-likeness (QED) is 0.230. The first-order chi connectivity index (χ1) is 18.0. The Morgan fingerprint density at radius 1 is 1.14 bits per heavy atom. The van der Waals surface area contributed by atoms with Crippen molar-refractivity contribution in [3.63, 3.8) is 0 Å². The Balaban J connectivity index is 0.00000127. The van der Waals surface area contributed by atoms with Crippen molar-refractivity contribution in [1.29, 1.82) is 5.26 Å². The molecule has 1 aliphatic heterocycles. The summed E-state index contributed by atoms with van der Waals surface area (Å²) in [5.74, 6) is -0.350. The van der Waals surface area contributed by atoms with Gasteiger partial charge in [-0.1, -0.05) is 50.6 Å². The summed E-state index contributed by atoms with van der Waals surface area (Å²) in [6.45, 7) is 11.7. The number of halogens is 1. The number of piperazine rings is 1. The second-order valence-electron chi connectivity index (χ2n) is 8.01. The third kappa shape index (κ3) is 9.25. The number of rotatable bonds is 7. The summed E-state index contributed by atoms with van der Waals surface area (Å²) in [6.07, 6.45) is 13.2. The predicted molar refractivity (Wildman–Crippen MR) is 155 cm³/mol. The van der Waals surface area contributed by atoms with Gasteiger partial charge in [0.05, 0.1) is 11.8 Å². The molecule has 1 aliphatic rings. The van der Waals surface area contributed by atoms with Gasteiger partial charge in [0.1, 0.15) is 5.82 Å². The summed E-state index contributed by atoms with van der Waals surface area (Å²) >= 11 is 0. The molecule has 37 heavy (non-hydrogen) atoms. The maximum absolute atomic E-state index is 15.0. The van der Waals surface area contributed by atoms with Crippen LogP contribution in [0.3, 0.4) is 0 Å². The average molecular weight is 521 g/mol. The molecule has 2 aromatic carbocycles. The minimum absolute atomic E-state index is 0.350. The Hall–Kier alpha value is -3.32. The first kappa shape index (κ1) is 31.7. The molecule has 0 bridgehead atoms. The van der Waals surface area contributed by atoms with Crippen molar-refractivity contribution in [3.05, 3.63) is 59.9 Å². The zero-order valence-electron chi connectivity index (χ0n) is 22.3. The molecule has 5 nitrogen and oxygen atoms in total. The molecule has 1 heterocycles. The number of nitriles is 1. The molecule has 3 rings (SSSR count). The first-order valence-electron chi connectivity index (χ1n) is 12.4. The van der Waals surface area contributed by atoms with Crippen molar-refractivity contribution in [3.8, 4) is 30.0 Å². The molecule has 0 saturated carbocycles. The smallest absolute Gasteiger partial charge is 0.175 e. The Kier molecular flexibility index (Phi) is 15.4. The Bertz CT molecular complexity index is 1170. The van der Waals surface area contributed by atoms with Crippen LogP contribution in [0.1, 0.15) is 46.1 Å². The number of carbonyl (C=O) groups excluding carboxylic acids is 1. The number of aliphatic imine (C=N–C) groups is 1. The van der Waals surface area contributed by atoms with Crippen molar-refractivity contribution in [1.82, 2.24) is 9.21 Å². The van der Waals surface area contributed by atoms with Crippen LogP contribution in [-0.4, -0.2) is 53.4 Å². The standard InChI is InChI=1S/C25H27FN4OS.C3H8.C2H2/c1-3-24(28-4-2)22-11-10-20(18-23(22)26)21-8-5-6-9-25(21)32(19-31)30-16-14-29(15-17-30)13-7-12-27;1-3-2;1-2/h3-6,8-11,18H,7,13-17H2,1-2H3;3H2,1-2H3;1-2H/b24-3-,28-4?;;. The molecule has 1 fully saturated rings. The second kappa shape index (κ2) is 18.0. The highest BCUT2D eigenvalue weighted by atomic mass is 32.2. The summed E-state index contributed by atoms with van der Waals surface area (Å²) in [5, 5.41) is 11.0. The Morgan fingerprint density at radius 2 is 1.78 bits per heavy atom. The largest absolute Gasteiger partial charge is 0.300 e. The van der Waals surface area contributed by atoms with E-state index in [2.05, 4.69) is 52.2 Å². The number of hydrogen-bond acceptors (Lipinski definition) is 5. The molecule has 0 N–H and O–H groups in total. The maximum Gasteiger partial charge on any atom is 0.175 e. The Labute approximate surface area is 224 Å². The van der Waals surface area contributed by atoms with Crippen LogP contribution in [0.15, 0.2) is 58.4 Å². The van der Waals surface area contributed by atoms with Gasteiger partial charge in [0.25, 0.3) is 0 Å². The zero-order chi connectivity index (χ0) is 27.6. The van der Waals surface area contributed by atoms with Crippen LogP contribution in [0.2, 0.25) is 0 Å². The fraction of sp³-hybridized carbons (Fsp3) is 0.367. The lowest BCUT2D eigenvalue weighted by Gasteiger charge is -2.35. The van der Waals surface area contributed by atoms with Crippen molar-refractivity contribution in [2.75, 3.05) is 32.7 Å². The number of benzene rings is 2. The van der Waals surface area contributed by atoms with Gasteiger partial charge in [-0.15, -0.1) is 12.8 Å². The minimum atomic E-state index is -0.861. The van der Waals surface area contributed by atoms with Crippen molar-refractivity contribution < 1.29 is 9.18 Å². The van der Waals surface area contributed by atoms with E-state index in [9.17, 15) is 9.18 Å². The van der Waals surface area contributed by atoms with E-state index in [0.29, 0.717) is 17.7 Å². The molecule has 0 aromatic heterocycles. The maximum atomic E-state index is 15.0. The SMILES string of the molecule is C#C.CC=N/C(=C\C)c1ccc(-c2ccccc2S(=C=O)N2CCN(CCC#N)CC2)cc1F.CCC. The van der Waals surface area contributed by atoms with Gasteiger partial charge in [0.2, 0.25) is 0 Å². The van der Waals surface area contributed by atoms with Crippen molar-refractivity contribution in [2.24, 2.45) is 4.99 Å². The van der Waals surface area contributed by atoms with Crippen LogP contribution < -0.4 is 0 Å². The van der Waals surface area contributed by atoms with Crippen LogP contribution in [0.4, 0.5) is 4.39 Å². The summed E-state index contributed by atoms with van der Waals surface area (Å²) in [4.78, 5) is 19.4. The van der Waals surface area contributed by atoms with Gasteiger partial charge in [-0.25, -0.2) is 13.5 Å². The predicted octanol–water partition coefficient (Wildman–Crippen LogP) is 6.75. The van der Waals surface area contributed by atoms with Gasteiger partial charge in [-0.05, 0) is 43.2 Å². The third-order valence-corrected chi connectivity index (χ3v) is 7.21. The zero-order valence-corrected chi connectivity index (χ0v) is 23.1. The fourth-order valence-electron chi connectivity index (χ4n) is 3.78. The first-order valence-corrected chi connectivity index (χ1v) is 13.6. The summed E-state index contributed by atoms with van der Waals surface area (Å²) in [5.41, 5.74) is 2.58. The lowest BCUT2D eigenvalue weighted by molar-refractivity contribution is 0.199. The highest BCUT2D eigenvalue weighted by Gasteiger charge is 2.22. The lowest BCUT2D eigenvalue weighted by Crippen LogP contribution is -2.44. The van der Waals surface area contributed by atoms with Crippen molar-refractivity contribution >= 4 is 27.8 Å². The van der Waals surface area contributed by atoms with Gasteiger partial charge in [0.15, 0.2) is 5.23 Å². The van der Waals surface area contributed by atoms with E-state index in [1.807, 2.05) is 37.3 Å². The molecule has 0 amide bonds. The van der Waals surface area contributed by atoms with Crippen LogP contribution >= 0.6 is 10.7 Å². The molecular formula is C30H37FN4OS. The molecule has 7 heteroatoms. The van der Waals surface area contributed by atoms with Crippen LogP contribution in [0.25, 0.3) is 16.8 Å². The Morgan fingerprint density at radius 3 is 2.32 bits per heavy atom.